The third-order valence-corrected chi connectivity index (χ3v) is 3.63. The molecule has 0 saturated heterocycles. The number of aromatic carboxylic acids is 1. The summed E-state index contributed by atoms with van der Waals surface area (Å²) in [5.41, 5.74) is 0.213. The van der Waals surface area contributed by atoms with Gasteiger partial charge in [0.1, 0.15) is 0 Å². The number of carboxylic acid groups (broad SMARTS) is 1. The lowest BCUT2D eigenvalue weighted by molar-refractivity contribution is 0.0696. The minimum atomic E-state index is -0.961. The van der Waals surface area contributed by atoms with E-state index in [2.05, 4.69) is 27.7 Å². The van der Waals surface area contributed by atoms with Gasteiger partial charge in [-0.1, -0.05) is 40.5 Å². The number of carbonyl (C=O) groups is 1. The van der Waals surface area contributed by atoms with Crippen molar-refractivity contribution >= 4 is 5.97 Å². The van der Waals surface area contributed by atoms with Crippen molar-refractivity contribution in [2.24, 2.45) is 11.8 Å². The maximum Gasteiger partial charge on any atom is 0.335 e. The SMILES string of the molecule is CCC(C)COc1ccc(C(=O)O)cc1OCC(C)CC. The minimum absolute atomic E-state index is 0.213. The third kappa shape index (κ3) is 5.66. The summed E-state index contributed by atoms with van der Waals surface area (Å²) in [6.07, 6.45) is 2.05. The quantitative estimate of drug-likeness (QED) is 0.740. The van der Waals surface area contributed by atoms with Crippen molar-refractivity contribution in [3.05, 3.63) is 23.8 Å². The number of hydrogen-bond acceptors (Lipinski definition) is 3. The molecule has 0 aliphatic heterocycles. The Balaban J connectivity index is 2.86. The molecule has 118 valence electrons. The van der Waals surface area contributed by atoms with E-state index in [1.54, 1.807) is 12.1 Å². The van der Waals surface area contributed by atoms with Gasteiger partial charge in [0.25, 0.3) is 0 Å². The second kappa shape index (κ2) is 8.55. The lowest BCUT2D eigenvalue weighted by Crippen LogP contribution is -2.11. The van der Waals surface area contributed by atoms with Crippen LogP contribution in [0.25, 0.3) is 0 Å². The van der Waals surface area contributed by atoms with E-state index in [-0.39, 0.29) is 5.56 Å². The molecule has 0 spiro atoms. The van der Waals surface area contributed by atoms with Gasteiger partial charge in [0, 0.05) is 0 Å². The fourth-order valence-corrected chi connectivity index (χ4v) is 1.57. The zero-order valence-electron chi connectivity index (χ0n) is 13.4. The predicted octanol–water partition coefficient (Wildman–Crippen LogP) is 4.23. The molecule has 0 amide bonds. The average molecular weight is 294 g/mol. The molecule has 0 aliphatic rings. The van der Waals surface area contributed by atoms with Crippen LogP contribution in [0.5, 0.6) is 11.5 Å². The Morgan fingerprint density at radius 2 is 1.57 bits per heavy atom. The summed E-state index contributed by atoms with van der Waals surface area (Å²) in [5.74, 6) is 1.03. The lowest BCUT2D eigenvalue weighted by Gasteiger charge is -2.17. The molecule has 4 nitrogen and oxygen atoms in total. The molecule has 0 saturated carbocycles. The first-order valence-electron chi connectivity index (χ1n) is 7.60. The second-order valence-corrected chi connectivity index (χ2v) is 5.62. The van der Waals surface area contributed by atoms with Gasteiger partial charge in [0.05, 0.1) is 18.8 Å². The fourth-order valence-electron chi connectivity index (χ4n) is 1.57. The Morgan fingerprint density at radius 3 is 2.05 bits per heavy atom. The largest absolute Gasteiger partial charge is 0.489 e. The van der Waals surface area contributed by atoms with Crippen molar-refractivity contribution in [2.45, 2.75) is 40.5 Å². The molecule has 1 N–H and O–H groups in total. The van der Waals surface area contributed by atoms with Crippen molar-refractivity contribution in [3.8, 4) is 11.5 Å². The molecule has 0 aromatic heterocycles. The first-order chi connectivity index (χ1) is 9.97. The Morgan fingerprint density at radius 1 is 1.05 bits per heavy atom. The summed E-state index contributed by atoms with van der Waals surface area (Å²) in [7, 11) is 0. The van der Waals surface area contributed by atoms with Crippen molar-refractivity contribution in [2.75, 3.05) is 13.2 Å². The van der Waals surface area contributed by atoms with Crippen LogP contribution in [0.4, 0.5) is 0 Å². The first kappa shape index (κ1) is 17.3. The molecule has 4 heteroatoms. The van der Waals surface area contributed by atoms with Crippen LogP contribution in [0.15, 0.2) is 18.2 Å². The summed E-state index contributed by atoms with van der Waals surface area (Å²) in [6, 6.07) is 4.76. The molecular weight excluding hydrogens is 268 g/mol. The van der Waals surface area contributed by atoms with Crippen LogP contribution < -0.4 is 9.47 Å². The van der Waals surface area contributed by atoms with Gasteiger partial charge >= 0.3 is 5.97 Å². The first-order valence-corrected chi connectivity index (χ1v) is 7.60. The van der Waals surface area contributed by atoms with Gasteiger partial charge in [0.15, 0.2) is 11.5 Å². The van der Waals surface area contributed by atoms with Crippen LogP contribution in [0.2, 0.25) is 0 Å². The van der Waals surface area contributed by atoms with E-state index in [0.717, 1.165) is 12.8 Å². The van der Waals surface area contributed by atoms with E-state index < -0.39 is 5.97 Å². The molecule has 1 aromatic carbocycles. The summed E-state index contributed by atoms with van der Waals surface area (Å²) in [5, 5.41) is 9.08. The third-order valence-electron chi connectivity index (χ3n) is 3.63. The van der Waals surface area contributed by atoms with Gasteiger partial charge in [0.2, 0.25) is 0 Å². The summed E-state index contributed by atoms with van der Waals surface area (Å²) >= 11 is 0. The molecule has 0 aliphatic carbocycles. The van der Waals surface area contributed by atoms with Crippen molar-refractivity contribution in [3.63, 3.8) is 0 Å². The highest BCUT2D eigenvalue weighted by molar-refractivity contribution is 5.88. The molecule has 21 heavy (non-hydrogen) atoms. The highest BCUT2D eigenvalue weighted by Gasteiger charge is 2.13. The number of hydrogen-bond donors (Lipinski definition) is 1. The van der Waals surface area contributed by atoms with Gasteiger partial charge in [-0.2, -0.15) is 0 Å². The van der Waals surface area contributed by atoms with Crippen LogP contribution in [0.3, 0.4) is 0 Å². The zero-order valence-corrected chi connectivity index (χ0v) is 13.4. The number of benzene rings is 1. The van der Waals surface area contributed by atoms with Crippen LogP contribution in [0.1, 0.15) is 50.9 Å². The Hall–Kier alpha value is -1.71. The van der Waals surface area contributed by atoms with E-state index in [0.29, 0.717) is 36.5 Å². The summed E-state index contributed by atoms with van der Waals surface area (Å²) in [6.45, 7) is 9.58. The van der Waals surface area contributed by atoms with Gasteiger partial charge in [-0.25, -0.2) is 4.79 Å². The molecule has 0 bridgehead atoms. The van der Waals surface area contributed by atoms with E-state index in [9.17, 15) is 4.79 Å². The molecule has 1 rings (SSSR count). The van der Waals surface area contributed by atoms with Crippen LogP contribution in [0, 0.1) is 11.8 Å². The van der Waals surface area contributed by atoms with Crippen molar-refractivity contribution in [1.82, 2.24) is 0 Å². The van der Waals surface area contributed by atoms with Crippen molar-refractivity contribution in [1.29, 1.82) is 0 Å². The summed E-state index contributed by atoms with van der Waals surface area (Å²) < 4.78 is 11.5. The zero-order chi connectivity index (χ0) is 15.8. The van der Waals surface area contributed by atoms with E-state index >= 15 is 0 Å². The molecule has 2 atom stereocenters. The maximum atomic E-state index is 11.1. The number of carboxylic acids is 1. The maximum absolute atomic E-state index is 11.1. The standard InChI is InChI=1S/C17H26O4/c1-5-12(3)10-20-15-8-7-14(17(18)19)9-16(15)21-11-13(4)6-2/h7-9,12-13H,5-6,10-11H2,1-4H3,(H,18,19). The minimum Gasteiger partial charge on any atom is -0.489 e. The molecular formula is C17H26O4. The molecule has 0 heterocycles. The van der Waals surface area contributed by atoms with Crippen LogP contribution >= 0.6 is 0 Å². The average Bonchev–Trinajstić information content (AvgIpc) is 2.50. The molecule has 1 aromatic rings. The van der Waals surface area contributed by atoms with Crippen molar-refractivity contribution < 1.29 is 19.4 Å². The van der Waals surface area contributed by atoms with Gasteiger partial charge in [-0.3, -0.25) is 0 Å². The Kier molecular flexibility index (Phi) is 7.06. The van der Waals surface area contributed by atoms with Crippen LogP contribution in [-0.2, 0) is 0 Å². The van der Waals surface area contributed by atoms with Gasteiger partial charge in [-0.15, -0.1) is 0 Å². The van der Waals surface area contributed by atoms with Gasteiger partial charge in [-0.05, 0) is 30.0 Å². The van der Waals surface area contributed by atoms with E-state index in [1.165, 1.54) is 6.07 Å². The topological polar surface area (TPSA) is 55.8 Å². The van der Waals surface area contributed by atoms with E-state index in [4.69, 9.17) is 14.6 Å². The smallest absolute Gasteiger partial charge is 0.335 e. The second-order valence-electron chi connectivity index (χ2n) is 5.62. The number of ether oxygens (including phenoxy) is 2. The molecule has 0 radical (unpaired) electrons. The monoisotopic (exact) mass is 294 g/mol. The normalized spacial score (nSPS) is 13.5. The highest BCUT2D eigenvalue weighted by Crippen LogP contribution is 2.29. The predicted molar refractivity (Wildman–Crippen MR) is 83.3 cm³/mol. The highest BCUT2D eigenvalue weighted by atomic mass is 16.5. The molecule has 2 unspecified atom stereocenters. The Bertz CT molecular complexity index is 456. The lowest BCUT2D eigenvalue weighted by atomic mass is 10.1. The number of rotatable bonds is 9. The summed E-state index contributed by atoms with van der Waals surface area (Å²) in [4.78, 5) is 11.1. The van der Waals surface area contributed by atoms with Gasteiger partial charge < -0.3 is 14.6 Å². The van der Waals surface area contributed by atoms with E-state index in [1.807, 2.05) is 0 Å². The fraction of sp³-hybridized carbons (Fsp3) is 0.588. The van der Waals surface area contributed by atoms with Crippen LogP contribution in [-0.4, -0.2) is 24.3 Å². The Labute approximate surface area is 127 Å². The molecule has 0 fully saturated rings.